The van der Waals surface area contributed by atoms with E-state index < -0.39 is 5.67 Å². The fraction of sp³-hybridized carbons (Fsp3) is 1.00. The molecule has 2 unspecified atom stereocenters. The van der Waals surface area contributed by atoms with E-state index in [9.17, 15) is 4.39 Å². The Labute approximate surface area is 103 Å². The highest BCUT2D eigenvalue weighted by molar-refractivity contribution is 4.94. The molecule has 0 amide bonds. The lowest BCUT2D eigenvalue weighted by Crippen LogP contribution is -2.52. The maximum absolute atomic E-state index is 14.4. The number of hydrogen-bond acceptors (Lipinski definition) is 3. The minimum absolute atomic E-state index is 0.0893. The molecule has 0 aliphatic carbocycles. The van der Waals surface area contributed by atoms with Gasteiger partial charge in [0.2, 0.25) is 0 Å². The van der Waals surface area contributed by atoms with E-state index in [4.69, 9.17) is 9.47 Å². The summed E-state index contributed by atoms with van der Waals surface area (Å²) in [6.07, 6.45) is 2.38. The van der Waals surface area contributed by atoms with E-state index in [-0.39, 0.29) is 12.7 Å². The Balaban J connectivity index is 1.87. The molecule has 0 radical (unpaired) electrons. The standard InChI is InChI=1S/C13H24FNO2/c1-10(2)17-9-13(3,14)8-15-11-4-5-12(15)7-16-6-11/h10-12H,4-9H2,1-3H3/t11?,12?,13-/m0/s1. The van der Waals surface area contributed by atoms with Crippen molar-refractivity contribution in [1.82, 2.24) is 4.90 Å². The Bertz CT molecular complexity index is 242. The van der Waals surface area contributed by atoms with Crippen LogP contribution in [-0.4, -0.2) is 55.1 Å². The van der Waals surface area contributed by atoms with Crippen LogP contribution in [-0.2, 0) is 9.47 Å². The Morgan fingerprint density at radius 2 is 1.94 bits per heavy atom. The van der Waals surface area contributed by atoms with Crippen molar-refractivity contribution in [3.05, 3.63) is 0 Å². The minimum atomic E-state index is -1.26. The first-order valence-electron chi connectivity index (χ1n) is 6.62. The van der Waals surface area contributed by atoms with Gasteiger partial charge in [0.15, 0.2) is 0 Å². The monoisotopic (exact) mass is 245 g/mol. The Hall–Kier alpha value is -0.190. The second-order valence-electron chi connectivity index (χ2n) is 5.87. The Morgan fingerprint density at radius 1 is 1.35 bits per heavy atom. The number of alkyl halides is 1. The number of morpholine rings is 1. The van der Waals surface area contributed by atoms with Gasteiger partial charge in [0, 0.05) is 18.6 Å². The highest BCUT2D eigenvalue weighted by Gasteiger charge is 2.41. The molecule has 2 heterocycles. The summed E-state index contributed by atoms with van der Waals surface area (Å²) in [6, 6.07) is 0.839. The van der Waals surface area contributed by atoms with E-state index in [0.29, 0.717) is 18.6 Å². The van der Waals surface area contributed by atoms with Crippen molar-refractivity contribution in [2.45, 2.75) is 57.5 Å². The van der Waals surface area contributed by atoms with Gasteiger partial charge in [-0.25, -0.2) is 4.39 Å². The van der Waals surface area contributed by atoms with Crippen molar-refractivity contribution in [2.24, 2.45) is 0 Å². The normalized spacial score (nSPS) is 33.0. The first-order chi connectivity index (χ1) is 7.98. The van der Waals surface area contributed by atoms with Crippen LogP contribution < -0.4 is 0 Å². The zero-order chi connectivity index (χ0) is 12.5. The van der Waals surface area contributed by atoms with Gasteiger partial charge in [-0.3, -0.25) is 4.90 Å². The molecule has 2 saturated heterocycles. The van der Waals surface area contributed by atoms with Crippen LogP contribution in [0.2, 0.25) is 0 Å². The van der Waals surface area contributed by atoms with Gasteiger partial charge < -0.3 is 9.47 Å². The van der Waals surface area contributed by atoms with Crippen LogP contribution >= 0.6 is 0 Å². The summed E-state index contributed by atoms with van der Waals surface area (Å²) in [4.78, 5) is 2.28. The van der Waals surface area contributed by atoms with E-state index >= 15 is 0 Å². The van der Waals surface area contributed by atoms with Crippen LogP contribution in [0.3, 0.4) is 0 Å². The van der Waals surface area contributed by atoms with Gasteiger partial charge in [-0.2, -0.15) is 0 Å². The molecule has 2 aliphatic heterocycles. The largest absolute Gasteiger partial charge is 0.378 e. The van der Waals surface area contributed by atoms with Crippen LogP contribution in [0.15, 0.2) is 0 Å². The van der Waals surface area contributed by atoms with Crippen molar-refractivity contribution in [2.75, 3.05) is 26.4 Å². The molecular formula is C13H24FNO2. The molecule has 0 spiro atoms. The van der Waals surface area contributed by atoms with Gasteiger partial charge in [-0.15, -0.1) is 0 Å². The maximum atomic E-state index is 14.4. The SMILES string of the molecule is CC(C)OC[C@@](C)(F)CN1C2CCC1COC2. The van der Waals surface area contributed by atoms with E-state index in [1.807, 2.05) is 13.8 Å². The molecule has 0 saturated carbocycles. The maximum Gasteiger partial charge on any atom is 0.144 e. The molecule has 2 aliphatic rings. The lowest BCUT2D eigenvalue weighted by molar-refractivity contribution is -0.0649. The molecule has 0 aromatic heterocycles. The van der Waals surface area contributed by atoms with Crippen molar-refractivity contribution >= 4 is 0 Å². The molecule has 0 aromatic rings. The van der Waals surface area contributed by atoms with Crippen LogP contribution in [0.5, 0.6) is 0 Å². The summed E-state index contributed by atoms with van der Waals surface area (Å²) < 4.78 is 25.3. The number of hydrogen-bond donors (Lipinski definition) is 0. The van der Waals surface area contributed by atoms with E-state index in [2.05, 4.69) is 4.90 Å². The molecule has 0 aromatic carbocycles. The van der Waals surface area contributed by atoms with Crippen LogP contribution in [0.1, 0.15) is 33.6 Å². The third-order valence-electron chi connectivity index (χ3n) is 3.62. The number of nitrogens with zero attached hydrogens (tertiary/aromatic N) is 1. The lowest BCUT2D eigenvalue weighted by Gasteiger charge is -2.38. The Kier molecular flexibility index (Phi) is 4.06. The predicted molar refractivity (Wildman–Crippen MR) is 64.9 cm³/mol. The van der Waals surface area contributed by atoms with E-state index in [1.165, 1.54) is 0 Å². The highest BCUT2D eigenvalue weighted by atomic mass is 19.1. The van der Waals surface area contributed by atoms with Crippen LogP contribution in [0.4, 0.5) is 4.39 Å². The molecular weight excluding hydrogens is 221 g/mol. The average molecular weight is 245 g/mol. The molecule has 17 heavy (non-hydrogen) atoms. The fourth-order valence-electron chi connectivity index (χ4n) is 2.74. The van der Waals surface area contributed by atoms with E-state index in [0.717, 1.165) is 26.1 Å². The first-order valence-corrected chi connectivity index (χ1v) is 6.62. The molecule has 0 N–H and O–H groups in total. The highest BCUT2D eigenvalue weighted by Crippen LogP contribution is 2.31. The minimum Gasteiger partial charge on any atom is -0.378 e. The smallest absolute Gasteiger partial charge is 0.144 e. The predicted octanol–water partition coefficient (Wildman–Crippen LogP) is 2.00. The lowest BCUT2D eigenvalue weighted by atomic mass is 10.1. The van der Waals surface area contributed by atoms with Gasteiger partial charge in [0.05, 0.1) is 25.9 Å². The number of fused-ring (bicyclic) bond motifs is 2. The summed E-state index contributed by atoms with van der Waals surface area (Å²) in [7, 11) is 0. The number of halogens is 1. The molecule has 4 heteroatoms. The van der Waals surface area contributed by atoms with Crippen LogP contribution in [0, 0.1) is 0 Å². The summed E-state index contributed by atoms with van der Waals surface area (Å²) in [5.74, 6) is 0. The molecule has 100 valence electrons. The summed E-state index contributed by atoms with van der Waals surface area (Å²) in [5.41, 5.74) is -1.26. The van der Waals surface area contributed by atoms with E-state index in [1.54, 1.807) is 6.92 Å². The zero-order valence-electron chi connectivity index (χ0n) is 11.1. The average Bonchev–Trinajstić information content (AvgIpc) is 2.50. The van der Waals surface area contributed by atoms with Gasteiger partial charge in [0.25, 0.3) is 0 Å². The van der Waals surface area contributed by atoms with Crippen LogP contribution in [0.25, 0.3) is 0 Å². The zero-order valence-corrected chi connectivity index (χ0v) is 11.1. The Morgan fingerprint density at radius 3 is 2.47 bits per heavy atom. The second-order valence-corrected chi connectivity index (χ2v) is 5.87. The topological polar surface area (TPSA) is 21.7 Å². The van der Waals surface area contributed by atoms with Gasteiger partial charge in [-0.05, 0) is 33.6 Å². The third-order valence-corrected chi connectivity index (χ3v) is 3.62. The second kappa shape index (κ2) is 5.21. The number of ether oxygens (including phenoxy) is 2. The van der Waals surface area contributed by atoms with Crippen molar-refractivity contribution in [3.8, 4) is 0 Å². The molecule has 2 rings (SSSR count). The van der Waals surface area contributed by atoms with Crippen molar-refractivity contribution in [3.63, 3.8) is 0 Å². The summed E-state index contributed by atoms with van der Waals surface area (Å²) >= 11 is 0. The van der Waals surface area contributed by atoms with Gasteiger partial charge in [-0.1, -0.05) is 0 Å². The van der Waals surface area contributed by atoms with Crippen molar-refractivity contribution < 1.29 is 13.9 Å². The molecule has 2 fully saturated rings. The van der Waals surface area contributed by atoms with Gasteiger partial charge >= 0.3 is 0 Å². The summed E-state index contributed by atoms with van der Waals surface area (Å²) in [5, 5.41) is 0. The fourth-order valence-corrected chi connectivity index (χ4v) is 2.74. The molecule has 2 bridgehead atoms. The van der Waals surface area contributed by atoms with Gasteiger partial charge in [0.1, 0.15) is 5.67 Å². The summed E-state index contributed by atoms with van der Waals surface area (Å²) in [6.45, 7) is 7.70. The molecule has 3 atom stereocenters. The molecule has 3 nitrogen and oxygen atoms in total. The van der Waals surface area contributed by atoms with Crippen molar-refractivity contribution in [1.29, 1.82) is 0 Å². The third kappa shape index (κ3) is 3.39. The first kappa shape index (κ1) is 13.2. The number of rotatable bonds is 5. The quantitative estimate of drug-likeness (QED) is 0.739.